The molecule has 1 amide bonds. The third-order valence-electron chi connectivity index (χ3n) is 3.56. The predicted octanol–water partition coefficient (Wildman–Crippen LogP) is 2.91. The molecule has 0 aromatic heterocycles. The number of carbonyl (C=O) groups is 1. The molecule has 116 valence electrons. The van der Waals surface area contributed by atoms with Crippen LogP contribution in [0.25, 0.3) is 0 Å². The molecule has 0 spiro atoms. The van der Waals surface area contributed by atoms with E-state index < -0.39 is 16.8 Å². The molecule has 0 bridgehead atoms. The molecule has 1 aliphatic rings. The summed E-state index contributed by atoms with van der Waals surface area (Å²) in [5.74, 6) is -0.864. The number of hydrogen-bond acceptors (Lipinski definition) is 4. The quantitative estimate of drug-likeness (QED) is 0.683. The van der Waals surface area contributed by atoms with Crippen molar-refractivity contribution in [2.75, 3.05) is 5.32 Å². The standard InChI is InChI=1S/C16H12FN3O3/c1-9-16(21)19-14-7-6-10(20(22)23)8-12(14)15(18-9)11-4-2-3-5-13(11)17/h2-9H,1H3,(H,19,21)/t9-/m0/s1. The molecular weight excluding hydrogens is 301 g/mol. The molecule has 0 saturated carbocycles. The third-order valence-corrected chi connectivity index (χ3v) is 3.56. The molecule has 3 rings (SSSR count). The van der Waals surface area contributed by atoms with Gasteiger partial charge in [-0.1, -0.05) is 12.1 Å². The lowest BCUT2D eigenvalue weighted by atomic mass is 9.99. The molecule has 2 aromatic rings. The van der Waals surface area contributed by atoms with Crippen LogP contribution in [0, 0.1) is 15.9 Å². The summed E-state index contributed by atoms with van der Waals surface area (Å²) in [6.07, 6.45) is 0. The average Bonchev–Trinajstić information content (AvgIpc) is 2.64. The highest BCUT2D eigenvalue weighted by Crippen LogP contribution is 2.28. The molecule has 0 saturated heterocycles. The van der Waals surface area contributed by atoms with Gasteiger partial charge in [0.05, 0.1) is 16.3 Å². The highest BCUT2D eigenvalue weighted by Gasteiger charge is 2.25. The van der Waals surface area contributed by atoms with Gasteiger partial charge in [0.15, 0.2) is 0 Å². The van der Waals surface area contributed by atoms with Gasteiger partial charge < -0.3 is 5.32 Å². The van der Waals surface area contributed by atoms with Crippen molar-refractivity contribution >= 4 is 23.0 Å². The van der Waals surface area contributed by atoms with E-state index in [1.165, 1.54) is 36.4 Å². The maximum Gasteiger partial charge on any atom is 0.270 e. The Morgan fingerprint density at radius 1 is 1.22 bits per heavy atom. The number of nitro groups is 1. The van der Waals surface area contributed by atoms with E-state index in [1.54, 1.807) is 13.0 Å². The van der Waals surface area contributed by atoms with Gasteiger partial charge in [-0.2, -0.15) is 0 Å². The van der Waals surface area contributed by atoms with Gasteiger partial charge in [0.25, 0.3) is 5.69 Å². The Morgan fingerprint density at radius 2 is 1.96 bits per heavy atom. The summed E-state index contributed by atoms with van der Waals surface area (Å²) in [6.45, 7) is 1.58. The van der Waals surface area contributed by atoms with Crippen LogP contribution in [0.1, 0.15) is 18.1 Å². The van der Waals surface area contributed by atoms with E-state index in [0.717, 1.165) is 0 Å². The molecule has 0 unspecified atom stereocenters. The number of nitro benzene ring substituents is 1. The van der Waals surface area contributed by atoms with Crippen molar-refractivity contribution in [3.8, 4) is 0 Å². The number of aliphatic imine (C=N–C) groups is 1. The monoisotopic (exact) mass is 313 g/mol. The third kappa shape index (κ3) is 2.68. The van der Waals surface area contributed by atoms with E-state index in [-0.39, 0.29) is 22.9 Å². The fourth-order valence-electron chi connectivity index (χ4n) is 2.38. The van der Waals surface area contributed by atoms with Crippen LogP contribution in [0.5, 0.6) is 0 Å². The minimum Gasteiger partial charge on any atom is -0.324 e. The summed E-state index contributed by atoms with van der Waals surface area (Å²) >= 11 is 0. The average molecular weight is 313 g/mol. The first-order valence-corrected chi connectivity index (χ1v) is 6.90. The first-order valence-electron chi connectivity index (χ1n) is 6.90. The Morgan fingerprint density at radius 3 is 2.65 bits per heavy atom. The maximum absolute atomic E-state index is 14.2. The number of nitrogens with one attached hydrogen (secondary N) is 1. The highest BCUT2D eigenvalue weighted by atomic mass is 19.1. The van der Waals surface area contributed by atoms with Crippen LogP contribution >= 0.6 is 0 Å². The topological polar surface area (TPSA) is 84.6 Å². The van der Waals surface area contributed by atoms with Crippen molar-refractivity contribution in [3.63, 3.8) is 0 Å². The summed E-state index contributed by atoms with van der Waals surface area (Å²) in [4.78, 5) is 26.8. The number of amides is 1. The van der Waals surface area contributed by atoms with E-state index >= 15 is 0 Å². The Hall–Kier alpha value is -3.09. The van der Waals surface area contributed by atoms with E-state index in [9.17, 15) is 19.3 Å². The van der Waals surface area contributed by atoms with Crippen molar-refractivity contribution in [2.24, 2.45) is 4.99 Å². The molecule has 0 fully saturated rings. The molecule has 0 aliphatic carbocycles. The van der Waals surface area contributed by atoms with E-state index in [4.69, 9.17) is 0 Å². The molecule has 6 nitrogen and oxygen atoms in total. The number of benzodiazepines with no additional fused rings is 1. The first kappa shape index (κ1) is 14.8. The van der Waals surface area contributed by atoms with Crippen molar-refractivity contribution in [1.82, 2.24) is 0 Å². The van der Waals surface area contributed by atoms with Gasteiger partial charge in [-0.05, 0) is 25.1 Å². The zero-order chi connectivity index (χ0) is 16.6. The second kappa shape index (κ2) is 5.60. The molecule has 1 N–H and O–H groups in total. The summed E-state index contributed by atoms with van der Waals surface area (Å²) in [7, 11) is 0. The van der Waals surface area contributed by atoms with Gasteiger partial charge in [0.2, 0.25) is 5.91 Å². The van der Waals surface area contributed by atoms with Crippen LogP contribution in [0.3, 0.4) is 0 Å². The van der Waals surface area contributed by atoms with Gasteiger partial charge in [-0.15, -0.1) is 0 Å². The molecule has 2 aromatic carbocycles. The Balaban J connectivity index is 2.27. The molecular formula is C16H12FN3O3. The van der Waals surface area contributed by atoms with E-state index in [1.807, 2.05) is 0 Å². The second-order valence-corrected chi connectivity index (χ2v) is 5.11. The van der Waals surface area contributed by atoms with Crippen molar-refractivity contribution in [2.45, 2.75) is 13.0 Å². The van der Waals surface area contributed by atoms with Gasteiger partial charge in [0.1, 0.15) is 11.9 Å². The fraction of sp³-hybridized carbons (Fsp3) is 0.125. The second-order valence-electron chi connectivity index (χ2n) is 5.11. The Kier molecular flexibility index (Phi) is 3.61. The van der Waals surface area contributed by atoms with Gasteiger partial charge in [0, 0.05) is 23.3 Å². The minimum absolute atomic E-state index is 0.156. The number of halogens is 1. The summed E-state index contributed by atoms with van der Waals surface area (Å²) < 4.78 is 14.2. The molecule has 23 heavy (non-hydrogen) atoms. The SMILES string of the molecule is C[C@@H]1N=C(c2ccccc2F)c2cc([N+](=O)[O-])ccc2NC1=O. The number of rotatable bonds is 2. The fourth-order valence-corrected chi connectivity index (χ4v) is 2.38. The Labute approximate surface area is 130 Å². The zero-order valence-electron chi connectivity index (χ0n) is 12.1. The number of carbonyl (C=O) groups excluding carboxylic acids is 1. The minimum atomic E-state index is -0.740. The van der Waals surface area contributed by atoms with Crippen LogP contribution < -0.4 is 5.32 Å². The summed E-state index contributed by atoms with van der Waals surface area (Å²) in [5, 5.41) is 13.7. The summed E-state index contributed by atoms with van der Waals surface area (Å²) in [6, 6.07) is 9.25. The molecule has 1 heterocycles. The number of non-ortho nitro benzene ring substituents is 1. The number of hydrogen-bond donors (Lipinski definition) is 1. The largest absolute Gasteiger partial charge is 0.324 e. The predicted molar refractivity (Wildman–Crippen MR) is 83.2 cm³/mol. The number of fused-ring (bicyclic) bond motifs is 1. The van der Waals surface area contributed by atoms with Crippen molar-refractivity contribution in [3.05, 3.63) is 69.5 Å². The van der Waals surface area contributed by atoms with Crippen LogP contribution in [0.2, 0.25) is 0 Å². The van der Waals surface area contributed by atoms with Crippen molar-refractivity contribution < 1.29 is 14.1 Å². The zero-order valence-corrected chi connectivity index (χ0v) is 12.1. The lowest BCUT2D eigenvalue weighted by molar-refractivity contribution is -0.384. The molecule has 1 aliphatic heterocycles. The number of anilines is 1. The number of benzene rings is 2. The summed E-state index contributed by atoms with van der Waals surface area (Å²) in [5.41, 5.74) is 0.941. The maximum atomic E-state index is 14.2. The van der Waals surface area contributed by atoms with Crippen LogP contribution in [-0.4, -0.2) is 22.6 Å². The van der Waals surface area contributed by atoms with Gasteiger partial charge in [-0.3, -0.25) is 19.9 Å². The Bertz CT molecular complexity index is 848. The van der Waals surface area contributed by atoms with E-state index in [0.29, 0.717) is 11.3 Å². The molecule has 1 atom stereocenters. The van der Waals surface area contributed by atoms with E-state index in [2.05, 4.69) is 10.3 Å². The lowest BCUT2D eigenvalue weighted by Crippen LogP contribution is -2.22. The van der Waals surface area contributed by atoms with Crippen LogP contribution in [-0.2, 0) is 4.79 Å². The van der Waals surface area contributed by atoms with Crippen LogP contribution in [0.15, 0.2) is 47.5 Å². The highest BCUT2D eigenvalue weighted by molar-refractivity contribution is 6.20. The lowest BCUT2D eigenvalue weighted by Gasteiger charge is -2.10. The van der Waals surface area contributed by atoms with Gasteiger partial charge >= 0.3 is 0 Å². The normalized spacial score (nSPS) is 16.9. The van der Waals surface area contributed by atoms with Crippen LogP contribution in [0.4, 0.5) is 15.8 Å². The van der Waals surface area contributed by atoms with Gasteiger partial charge in [-0.25, -0.2) is 4.39 Å². The smallest absolute Gasteiger partial charge is 0.270 e. The van der Waals surface area contributed by atoms with Crippen molar-refractivity contribution in [1.29, 1.82) is 0 Å². The number of nitrogens with zero attached hydrogens (tertiary/aromatic N) is 2. The molecule has 7 heteroatoms. The molecule has 0 radical (unpaired) electrons. The first-order chi connectivity index (χ1) is 11.0.